The highest BCUT2D eigenvalue weighted by Crippen LogP contribution is 2.26. The summed E-state index contributed by atoms with van der Waals surface area (Å²) in [6, 6.07) is 4.93. The van der Waals surface area contributed by atoms with Gasteiger partial charge in [0.25, 0.3) is 0 Å². The number of benzene rings is 1. The predicted octanol–water partition coefficient (Wildman–Crippen LogP) is 2.88. The average molecular weight is 351 g/mol. The maximum absolute atomic E-state index is 12.5. The van der Waals surface area contributed by atoms with Gasteiger partial charge >= 0.3 is 0 Å². The van der Waals surface area contributed by atoms with Crippen molar-refractivity contribution < 1.29 is 8.42 Å². The molecular weight excluding hydrogens is 331 g/mol. The maximum Gasteiger partial charge on any atom is 0.218 e. The third-order valence-electron chi connectivity index (χ3n) is 3.89. The van der Waals surface area contributed by atoms with Crippen LogP contribution in [0, 0.1) is 5.92 Å². The summed E-state index contributed by atoms with van der Waals surface area (Å²) in [5, 5.41) is 0.796. The highest BCUT2D eigenvalue weighted by molar-refractivity contribution is 7.88. The molecule has 0 saturated carbocycles. The molecule has 1 aliphatic heterocycles. The second kappa shape index (κ2) is 6.84. The molecular formula is C14H20Cl2N2O2S. The van der Waals surface area contributed by atoms with Gasteiger partial charge < -0.3 is 5.73 Å². The van der Waals surface area contributed by atoms with E-state index in [1.807, 2.05) is 6.92 Å². The molecule has 0 bridgehead atoms. The standard InChI is InChI=1S/C14H20Cl2N2O2S/c1-10(17)12-3-2-6-18(8-12)21(19,20)9-11-4-5-13(15)14(16)7-11/h4-5,7,10,12H,2-3,6,8-9,17H2,1H3/t10-,12-/m1/s1. The molecule has 0 aliphatic carbocycles. The van der Waals surface area contributed by atoms with Crippen LogP contribution in [0.1, 0.15) is 25.3 Å². The number of rotatable bonds is 4. The molecule has 0 unspecified atom stereocenters. The van der Waals surface area contributed by atoms with Gasteiger partial charge in [-0.25, -0.2) is 12.7 Å². The first kappa shape index (κ1) is 17.0. The van der Waals surface area contributed by atoms with Crippen molar-refractivity contribution in [3.63, 3.8) is 0 Å². The van der Waals surface area contributed by atoms with Crippen LogP contribution in [0.15, 0.2) is 18.2 Å². The van der Waals surface area contributed by atoms with Crippen molar-refractivity contribution in [3.05, 3.63) is 33.8 Å². The van der Waals surface area contributed by atoms with Crippen molar-refractivity contribution in [3.8, 4) is 0 Å². The lowest BCUT2D eigenvalue weighted by Crippen LogP contribution is -2.45. The second-order valence-corrected chi connectivity index (χ2v) is 8.41. The summed E-state index contributed by atoms with van der Waals surface area (Å²) in [4.78, 5) is 0. The van der Waals surface area contributed by atoms with Crippen LogP contribution in [0.5, 0.6) is 0 Å². The molecule has 0 aromatic heterocycles. The van der Waals surface area contributed by atoms with E-state index in [1.165, 1.54) is 0 Å². The smallest absolute Gasteiger partial charge is 0.218 e. The van der Waals surface area contributed by atoms with Crippen LogP contribution in [0.2, 0.25) is 10.0 Å². The van der Waals surface area contributed by atoms with Gasteiger partial charge in [-0.2, -0.15) is 0 Å². The van der Waals surface area contributed by atoms with Crippen molar-refractivity contribution in [1.29, 1.82) is 0 Å². The molecule has 0 spiro atoms. The van der Waals surface area contributed by atoms with Gasteiger partial charge in [0.2, 0.25) is 10.0 Å². The quantitative estimate of drug-likeness (QED) is 0.907. The number of hydrogen-bond donors (Lipinski definition) is 1. The minimum Gasteiger partial charge on any atom is -0.328 e. The van der Waals surface area contributed by atoms with E-state index in [-0.39, 0.29) is 17.7 Å². The Hall–Kier alpha value is -0.330. The first-order chi connectivity index (χ1) is 9.79. The number of nitrogens with two attached hydrogens (primary N) is 1. The highest BCUT2D eigenvalue weighted by Gasteiger charge is 2.30. The van der Waals surface area contributed by atoms with E-state index in [4.69, 9.17) is 28.9 Å². The molecule has 1 heterocycles. The fraction of sp³-hybridized carbons (Fsp3) is 0.571. The van der Waals surface area contributed by atoms with E-state index >= 15 is 0 Å². The van der Waals surface area contributed by atoms with Crippen molar-refractivity contribution in [2.24, 2.45) is 11.7 Å². The summed E-state index contributed by atoms with van der Waals surface area (Å²) in [6.07, 6.45) is 1.84. The van der Waals surface area contributed by atoms with Gasteiger partial charge in [-0.3, -0.25) is 0 Å². The van der Waals surface area contributed by atoms with Crippen LogP contribution in [0.4, 0.5) is 0 Å². The maximum atomic E-state index is 12.5. The van der Waals surface area contributed by atoms with Gasteiger partial charge in [0.15, 0.2) is 0 Å². The molecule has 1 aromatic carbocycles. The molecule has 7 heteroatoms. The van der Waals surface area contributed by atoms with Gasteiger partial charge in [0.05, 0.1) is 15.8 Å². The zero-order valence-electron chi connectivity index (χ0n) is 11.9. The summed E-state index contributed by atoms with van der Waals surface area (Å²) in [6.45, 7) is 2.99. The number of nitrogens with zero attached hydrogens (tertiary/aromatic N) is 1. The van der Waals surface area contributed by atoms with Crippen LogP contribution in [-0.2, 0) is 15.8 Å². The van der Waals surface area contributed by atoms with E-state index in [0.29, 0.717) is 28.7 Å². The van der Waals surface area contributed by atoms with Gasteiger partial charge in [0, 0.05) is 19.1 Å². The molecule has 0 amide bonds. The molecule has 1 saturated heterocycles. The Morgan fingerprint density at radius 3 is 2.71 bits per heavy atom. The Bertz CT molecular complexity index is 605. The number of hydrogen-bond acceptors (Lipinski definition) is 3. The predicted molar refractivity (Wildman–Crippen MR) is 87.0 cm³/mol. The lowest BCUT2D eigenvalue weighted by atomic mass is 9.93. The molecule has 2 rings (SSSR count). The van der Waals surface area contributed by atoms with Crippen LogP contribution in [0.3, 0.4) is 0 Å². The molecule has 118 valence electrons. The highest BCUT2D eigenvalue weighted by atomic mass is 35.5. The Labute approximate surface area is 136 Å². The summed E-state index contributed by atoms with van der Waals surface area (Å²) in [7, 11) is -3.36. The molecule has 1 aromatic rings. The fourth-order valence-corrected chi connectivity index (χ4v) is 4.52. The first-order valence-corrected chi connectivity index (χ1v) is 9.33. The lowest BCUT2D eigenvalue weighted by Gasteiger charge is -2.33. The van der Waals surface area contributed by atoms with E-state index in [9.17, 15) is 8.42 Å². The van der Waals surface area contributed by atoms with Crippen molar-refractivity contribution in [2.45, 2.75) is 31.6 Å². The Morgan fingerprint density at radius 1 is 1.38 bits per heavy atom. The van der Waals surface area contributed by atoms with Gasteiger partial charge in [-0.05, 0) is 43.4 Å². The minimum absolute atomic E-state index is 0.00739. The molecule has 1 fully saturated rings. The largest absolute Gasteiger partial charge is 0.328 e. The molecule has 2 atom stereocenters. The molecule has 4 nitrogen and oxygen atoms in total. The second-order valence-electron chi connectivity index (χ2n) is 5.62. The Morgan fingerprint density at radius 2 is 2.10 bits per heavy atom. The molecule has 0 radical (unpaired) electrons. The SMILES string of the molecule is C[C@@H](N)[C@@H]1CCCN(S(=O)(=O)Cc2ccc(Cl)c(Cl)c2)C1. The zero-order valence-corrected chi connectivity index (χ0v) is 14.3. The average Bonchev–Trinajstić information content (AvgIpc) is 2.43. The van der Waals surface area contributed by atoms with E-state index in [0.717, 1.165) is 12.8 Å². The zero-order chi connectivity index (χ0) is 15.6. The number of piperidine rings is 1. The normalized spacial score (nSPS) is 22.2. The van der Waals surface area contributed by atoms with Crippen LogP contribution < -0.4 is 5.73 Å². The van der Waals surface area contributed by atoms with E-state index < -0.39 is 10.0 Å². The van der Waals surface area contributed by atoms with Crippen molar-refractivity contribution in [1.82, 2.24) is 4.31 Å². The fourth-order valence-electron chi connectivity index (χ4n) is 2.59. The van der Waals surface area contributed by atoms with Crippen LogP contribution in [0.25, 0.3) is 0 Å². The van der Waals surface area contributed by atoms with Crippen LogP contribution in [-0.4, -0.2) is 31.9 Å². The Balaban J connectivity index is 2.12. The van der Waals surface area contributed by atoms with Gasteiger partial charge in [-0.1, -0.05) is 29.3 Å². The topological polar surface area (TPSA) is 63.4 Å². The third-order valence-corrected chi connectivity index (χ3v) is 6.45. The van der Waals surface area contributed by atoms with E-state index in [2.05, 4.69) is 0 Å². The lowest BCUT2D eigenvalue weighted by molar-refractivity contribution is 0.243. The molecule has 2 N–H and O–H groups in total. The number of halogens is 2. The summed E-state index contributed by atoms with van der Waals surface area (Å²) >= 11 is 11.8. The third kappa shape index (κ3) is 4.33. The Kier molecular flexibility index (Phi) is 5.54. The summed E-state index contributed by atoms with van der Waals surface area (Å²) < 4.78 is 26.6. The summed E-state index contributed by atoms with van der Waals surface area (Å²) in [5.74, 6) is 0.164. The van der Waals surface area contributed by atoms with Crippen LogP contribution >= 0.6 is 23.2 Å². The van der Waals surface area contributed by atoms with E-state index in [1.54, 1.807) is 22.5 Å². The monoisotopic (exact) mass is 350 g/mol. The molecule has 21 heavy (non-hydrogen) atoms. The van der Waals surface area contributed by atoms with Crippen molar-refractivity contribution >= 4 is 33.2 Å². The number of sulfonamides is 1. The van der Waals surface area contributed by atoms with Gasteiger partial charge in [-0.15, -0.1) is 0 Å². The van der Waals surface area contributed by atoms with Gasteiger partial charge in [0.1, 0.15) is 0 Å². The molecule has 1 aliphatic rings. The first-order valence-electron chi connectivity index (χ1n) is 6.97. The minimum atomic E-state index is -3.36. The summed E-state index contributed by atoms with van der Waals surface area (Å²) in [5.41, 5.74) is 6.55. The van der Waals surface area contributed by atoms with Crippen molar-refractivity contribution in [2.75, 3.05) is 13.1 Å².